The topological polar surface area (TPSA) is 72.7 Å². The summed E-state index contributed by atoms with van der Waals surface area (Å²) < 4.78 is 7.74. The lowest BCUT2D eigenvalue weighted by Crippen LogP contribution is -2.41. The molecule has 2 aromatic carbocycles. The molecule has 0 spiro atoms. The van der Waals surface area contributed by atoms with Gasteiger partial charge in [0.05, 0.1) is 16.6 Å². The molecule has 5 aromatic rings. The van der Waals surface area contributed by atoms with Gasteiger partial charge >= 0.3 is 0 Å². The van der Waals surface area contributed by atoms with E-state index in [1.54, 1.807) is 17.5 Å². The molecule has 1 fully saturated rings. The van der Waals surface area contributed by atoms with Gasteiger partial charge in [-0.2, -0.15) is 0 Å². The van der Waals surface area contributed by atoms with E-state index in [-0.39, 0.29) is 17.5 Å². The van der Waals surface area contributed by atoms with Crippen molar-refractivity contribution in [2.45, 2.75) is 44.8 Å². The highest BCUT2D eigenvalue weighted by Crippen LogP contribution is 2.34. The van der Waals surface area contributed by atoms with Crippen molar-refractivity contribution in [3.05, 3.63) is 65.1 Å². The first kappa shape index (κ1) is 19.0. The summed E-state index contributed by atoms with van der Waals surface area (Å²) in [5.41, 5.74) is 2.37. The first-order chi connectivity index (χ1) is 15.6. The Hall–Kier alpha value is -3.67. The second-order valence-electron chi connectivity index (χ2n) is 8.67. The molecule has 0 radical (unpaired) electrons. The number of amides is 1. The number of hydrogen-bond acceptors (Lipinski definition) is 4. The Labute approximate surface area is 184 Å². The summed E-state index contributed by atoms with van der Waals surface area (Å²) in [5, 5.41) is 6.45. The minimum absolute atomic E-state index is 0.0564. The Bertz CT molecular complexity index is 1550. The van der Waals surface area contributed by atoms with E-state index in [1.807, 2.05) is 48.5 Å². The molecule has 0 bridgehead atoms. The second-order valence-corrected chi connectivity index (χ2v) is 8.67. The highest BCUT2D eigenvalue weighted by molar-refractivity contribution is 6.18. The summed E-state index contributed by atoms with van der Waals surface area (Å²) in [4.78, 5) is 30.5. The lowest BCUT2D eigenvalue weighted by Gasteiger charge is -2.18. The number of hydrogen-bond donors (Lipinski definition) is 1. The molecule has 160 valence electrons. The molecule has 32 heavy (non-hydrogen) atoms. The first-order valence-corrected chi connectivity index (χ1v) is 11.2. The van der Waals surface area contributed by atoms with Crippen LogP contribution in [-0.2, 0) is 4.79 Å². The van der Waals surface area contributed by atoms with Crippen LogP contribution in [-0.4, -0.2) is 27.4 Å². The van der Waals surface area contributed by atoms with Crippen molar-refractivity contribution in [2.24, 2.45) is 0 Å². The predicted octanol–water partition coefficient (Wildman–Crippen LogP) is 4.42. The van der Waals surface area contributed by atoms with Crippen molar-refractivity contribution in [1.82, 2.24) is 14.7 Å². The summed E-state index contributed by atoms with van der Waals surface area (Å²) in [6.07, 6.45) is 5.59. The van der Waals surface area contributed by atoms with Gasteiger partial charge in [0.2, 0.25) is 0 Å². The summed E-state index contributed by atoms with van der Waals surface area (Å²) in [7, 11) is 0. The van der Waals surface area contributed by atoms with Crippen LogP contribution in [0.3, 0.4) is 0 Å². The lowest BCUT2D eigenvalue weighted by molar-refractivity contribution is -0.127. The zero-order chi connectivity index (χ0) is 21.8. The van der Waals surface area contributed by atoms with Crippen molar-refractivity contribution in [1.29, 1.82) is 0 Å². The van der Waals surface area contributed by atoms with Crippen molar-refractivity contribution >= 4 is 44.0 Å². The van der Waals surface area contributed by atoms with Crippen molar-refractivity contribution in [3.63, 3.8) is 0 Å². The van der Waals surface area contributed by atoms with Gasteiger partial charge in [-0.1, -0.05) is 31.0 Å². The second kappa shape index (κ2) is 7.19. The molecular weight excluding hydrogens is 402 g/mol. The van der Waals surface area contributed by atoms with Crippen LogP contribution in [0, 0.1) is 0 Å². The van der Waals surface area contributed by atoms with E-state index in [0.717, 1.165) is 45.6 Å². The Morgan fingerprint density at radius 1 is 1.06 bits per heavy atom. The van der Waals surface area contributed by atoms with E-state index in [9.17, 15) is 9.59 Å². The monoisotopic (exact) mass is 425 g/mol. The van der Waals surface area contributed by atoms with Gasteiger partial charge in [-0.05, 0) is 50.1 Å². The van der Waals surface area contributed by atoms with Crippen molar-refractivity contribution in [3.8, 4) is 5.75 Å². The molecule has 1 aliphatic carbocycles. The normalized spacial score (nSPS) is 15.8. The zero-order valence-electron chi connectivity index (χ0n) is 17.8. The maximum Gasteiger partial charge on any atom is 0.263 e. The average molecular weight is 425 g/mol. The molecule has 0 saturated heterocycles. The number of aromatic nitrogens is 2. The largest absolute Gasteiger partial charge is 0.481 e. The third-order valence-electron chi connectivity index (χ3n) is 6.65. The number of carbonyl (C=O) groups excluding carboxylic acids is 1. The molecule has 1 N–H and O–H groups in total. The number of ether oxygens (including phenoxy) is 1. The Morgan fingerprint density at radius 2 is 1.84 bits per heavy atom. The molecule has 0 aliphatic heterocycles. The Morgan fingerprint density at radius 3 is 2.66 bits per heavy atom. The van der Waals surface area contributed by atoms with Crippen LogP contribution in [0.5, 0.6) is 5.75 Å². The summed E-state index contributed by atoms with van der Waals surface area (Å²) >= 11 is 0. The number of rotatable bonds is 4. The smallest absolute Gasteiger partial charge is 0.263 e. The zero-order valence-corrected chi connectivity index (χ0v) is 17.8. The van der Waals surface area contributed by atoms with Crippen molar-refractivity contribution < 1.29 is 9.53 Å². The molecular formula is C26H23N3O3. The molecule has 1 aliphatic rings. The lowest BCUT2D eigenvalue weighted by atomic mass is 10.1. The fraction of sp³-hybridized carbons (Fsp3) is 0.269. The van der Waals surface area contributed by atoms with Gasteiger partial charge in [-0.15, -0.1) is 0 Å². The van der Waals surface area contributed by atoms with Crippen molar-refractivity contribution in [2.75, 3.05) is 0 Å². The average Bonchev–Trinajstić information content (AvgIpc) is 3.44. The van der Waals surface area contributed by atoms with Gasteiger partial charge < -0.3 is 10.1 Å². The summed E-state index contributed by atoms with van der Waals surface area (Å²) in [6.45, 7) is 1.77. The minimum Gasteiger partial charge on any atom is -0.481 e. The number of nitrogens with zero attached hydrogens (tertiary/aromatic N) is 2. The van der Waals surface area contributed by atoms with E-state index in [4.69, 9.17) is 4.74 Å². The van der Waals surface area contributed by atoms with E-state index in [1.165, 1.54) is 12.8 Å². The number of fused-ring (bicyclic) bond motifs is 5. The molecule has 6 nitrogen and oxygen atoms in total. The molecule has 6 rings (SSSR count). The predicted molar refractivity (Wildman–Crippen MR) is 126 cm³/mol. The van der Waals surface area contributed by atoms with Crippen LogP contribution >= 0.6 is 0 Å². The standard InChI is InChI=1S/C26H23N3O3/c1-15(25(30)28-16-6-2-3-7-16)32-17-10-11-22-21(14-17)19-12-13-27-23-18-8-4-5-9-20(18)26(31)29(22)24(19)23/h4-5,8-16H,2-3,6-7H2,1H3,(H,28,30). The highest BCUT2D eigenvalue weighted by atomic mass is 16.5. The first-order valence-electron chi connectivity index (χ1n) is 11.2. The quantitative estimate of drug-likeness (QED) is 0.433. The third-order valence-corrected chi connectivity index (χ3v) is 6.65. The maximum atomic E-state index is 13.3. The van der Waals surface area contributed by atoms with Gasteiger partial charge in [0, 0.05) is 33.8 Å². The van der Waals surface area contributed by atoms with Gasteiger partial charge in [-0.25, -0.2) is 0 Å². The van der Waals surface area contributed by atoms with Crippen LogP contribution in [0.15, 0.2) is 59.5 Å². The van der Waals surface area contributed by atoms with Gasteiger partial charge in [0.15, 0.2) is 6.10 Å². The SMILES string of the molecule is CC(Oc1ccc2c(c1)c1ccnc3c4ccccc4c(=O)n2c13)C(=O)NC1CCCC1. The molecule has 3 heterocycles. The van der Waals surface area contributed by atoms with Crippen LogP contribution < -0.4 is 15.6 Å². The molecule has 1 atom stereocenters. The van der Waals surface area contributed by atoms with Gasteiger partial charge in [0.25, 0.3) is 11.5 Å². The Balaban J connectivity index is 1.45. The molecule has 1 amide bonds. The number of nitrogens with one attached hydrogen (secondary N) is 1. The molecule has 1 saturated carbocycles. The van der Waals surface area contributed by atoms with E-state index >= 15 is 0 Å². The summed E-state index contributed by atoms with van der Waals surface area (Å²) in [5.74, 6) is 0.516. The van der Waals surface area contributed by atoms with Crippen LogP contribution in [0.1, 0.15) is 32.6 Å². The number of pyridine rings is 2. The fourth-order valence-electron chi connectivity index (χ4n) is 5.07. The van der Waals surface area contributed by atoms with E-state index < -0.39 is 6.10 Å². The molecule has 6 heteroatoms. The summed E-state index contributed by atoms with van der Waals surface area (Å²) in [6, 6.07) is 15.4. The Kier molecular flexibility index (Phi) is 4.28. The highest BCUT2D eigenvalue weighted by Gasteiger charge is 2.22. The van der Waals surface area contributed by atoms with Crippen LogP contribution in [0.2, 0.25) is 0 Å². The fourth-order valence-corrected chi connectivity index (χ4v) is 5.07. The minimum atomic E-state index is -0.597. The number of carbonyl (C=O) groups is 1. The van der Waals surface area contributed by atoms with E-state index in [2.05, 4.69) is 10.3 Å². The third kappa shape index (κ3) is 2.83. The molecule has 1 unspecified atom stereocenters. The van der Waals surface area contributed by atoms with Crippen LogP contribution in [0.4, 0.5) is 0 Å². The van der Waals surface area contributed by atoms with Gasteiger partial charge in [-0.3, -0.25) is 19.0 Å². The number of benzene rings is 2. The molecule has 3 aromatic heterocycles. The van der Waals surface area contributed by atoms with Crippen LogP contribution in [0.25, 0.3) is 38.1 Å². The van der Waals surface area contributed by atoms with Gasteiger partial charge in [0.1, 0.15) is 5.75 Å². The maximum absolute atomic E-state index is 13.3. The van der Waals surface area contributed by atoms with E-state index in [0.29, 0.717) is 11.1 Å².